The Kier molecular flexibility index (Phi) is 3.06. The van der Waals surface area contributed by atoms with Crippen LogP contribution in [0.15, 0.2) is 36.9 Å². The summed E-state index contributed by atoms with van der Waals surface area (Å²) in [5.41, 5.74) is 1.12. The summed E-state index contributed by atoms with van der Waals surface area (Å²) in [5, 5.41) is 8.04. The minimum atomic E-state index is -0.356. The van der Waals surface area contributed by atoms with Gasteiger partial charge < -0.3 is 5.32 Å². The van der Waals surface area contributed by atoms with Crippen molar-refractivity contribution in [3.63, 3.8) is 0 Å². The first kappa shape index (κ1) is 12.5. The molecule has 1 aromatic carbocycles. The third-order valence-electron chi connectivity index (χ3n) is 3.01. The Morgan fingerprint density at radius 1 is 1.25 bits per heavy atom. The number of nitrogens with one attached hydrogen (secondary N) is 1. The molecule has 3 rings (SSSR count). The van der Waals surface area contributed by atoms with Gasteiger partial charge >= 0.3 is 0 Å². The average Bonchev–Trinajstić information content (AvgIpc) is 2.89. The fourth-order valence-corrected chi connectivity index (χ4v) is 1.97. The molecule has 20 heavy (non-hydrogen) atoms. The highest BCUT2D eigenvalue weighted by molar-refractivity contribution is 5.90. The number of fused-ring (bicyclic) bond motifs is 1. The first-order chi connectivity index (χ1) is 9.65. The fraction of sp³-hybridized carbons (Fsp3) is 0.214. The first-order valence-corrected chi connectivity index (χ1v) is 6.35. The number of rotatable bonds is 3. The number of hydrogen-bond acceptors (Lipinski definition) is 4. The number of nitrogens with zero attached hydrogens (tertiary/aromatic N) is 4. The molecular weight excluding hydrogens is 257 g/mol. The summed E-state index contributed by atoms with van der Waals surface area (Å²) < 4.78 is 15.5. The van der Waals surface area contributed by atoms with Gasteiger partial charge in [-0.25, -0.2) is 14.4 Å². The Morgan fingerprint density at radius 3 is 2.85 bits per heavy atom. The molecule has 0 aliphatic heterocycles. The number of halogens is 1. The van der Waals surface area contributed by atoms with E-state index in [-0.39, 0.29) is 11.9 Å². The van der Waals surface area contributed by atoms with Gasteiger partial charge in [0.05, 0.1) is 11.9 Å². The monoisotopic (exact) mass is 271 g/mol. The summed E-state index contributed by atoms with van der Waals surface area (Å²) in [6, 6.07) is 5.10. The highest BCUT2D eigenvalue weighted by Crippen LogP contribution is 2.24. The van der Waals surface area contributed by atoms with Crippen molar-refractivity contribution < 1.29 is 4.39 Å². The van der Waals surface area contributed by atoms with Gasteiger partial charge in [-0.3, -0.25) is 4.68 Å². The van der Waals surface area contributed by atoms with Crippen molar-refractivity contribution >= 4 is 22.4 Å². The van der Waals surface area contributed by atoms with Gasteiger partial charge in [-0.15, -0.1) is 0 Å². The topological polar surface area (TPSA) is 55.6 Å². The minimum Gasteiger partial charge on any atom is -0.337 e. The van der Waals surface area contributed by atoms with E-state index in [0.717, 1.165) is 5.69 Å². The Hall–Kier alpha value is -2.50. The van der Waals surface area contributed by atoms with Crippen molar-refractivity contribution in [1.29, 1.82) is 0 Å². The molecule has 0 amide bonds. The Bertz CT molecular complexity index is 750. The van der Waals surface area contributed by atoms with E-state index in [2.05, 4.69) is 20.4 Å². The van der Waals surface area contributed by atoms with Crippen LogP contribution in [0.4, 0.5) is 15.9 Å². The molecule has 0 saturated heterocycles. The van der Waals surface area contributed by atoms with Crippen molar-refractivity contribution in [3.8, 4) is 0 Å². The largest absolute Gasteiger partial charge is 0.337 e. The lowest BCUT2D eigenvalue weighted by atomic mass is 10.2. The van der Waals surface area contributed by atoms with Crippen LogP contribution in [0.5, 0.6) is 0 Å². The van der Waals surface area contributed by atoms with Gasteiger partial charge in [0, 0.05) is 17.6 Å². The highest BCUT2D eigenvalue weighted by atomic mass is 19.1. The summed E-state index contributed by atoms with van der Waals surface area (Å²) >= 11 is 0. The quantitative estimate of drug-likeness (QED) is 0.794. The predicted octanol–water partition coefficient (Wildman–Crippen LogP) is 3.29. The van der Waals surface area contributed by atoms with Crippen molar-refractivity contribution in [2.75, 3.05) is 5.32 Å². The number of benzene rings is 1. The van der Waals surface area contributed by atoms with Crippen LogP contribution in [-0.4, -0.2) is 19.7 Å². The molecule has 6 heteroatoms. The lowest BCUT2D eigenvalue weighted by Crippen LogP contribution is -2.00. The SMILES string of the molecule is CC(C)n1cc(Nc2ncnc3c(F)cccc23)cn1. The van der Waals surface area contributed by atoms with Crippen LogP contribution >= 0.6 is 0 Å². The fourth-order valence-electron chi connectivity index (χ4n) is 1.97. The predicted molar refractivity (Wildman–Crippen MR) is 75.4 cm³/mol. The van der Waals surface area contributed by atoms with Gasteiger partial charge in [0.1, 0.15) is 23.5 Å². The number of anilines is 2. The number of hydrogen-bond donors (Lipinski definition) is 1. The average molecular weight is 271 g/mol. The third kappa shape index (κ3) is 2.20. The zero-order valence-electron chi connectivity index (χ0n) is 11.2. The molecule has 102 valence electrons. The van der Waals surface area contributed by atoms with Crippen LogP contribution in [0.1, 0.15) is 19.9 Å². The van der Waals surface area contributed by atoms with Crippen LogP contribution < -0.4 is 5.32 Å². The summed E-state index contributed by atoms with van der Waals surface area (Å²) in [4.78, 5) is 8.14. The molecule has 0 unspecified atom stereocenters. The summed E-state index contributed by atoms with van der Waals surface area (Å²) in [5.74, 6) is 0.212. The van der Waals surface area contributed by atoms with Gasteiger partial charge in [0.25, 0.3) is 0 Å². The second-order valence-corrected chi connectivity index (χ2v) is 4.79. The maximum Gasteiger partial charge on any atom is 0.149 e. The molecule has 5 nitrogen and oxygen atoms in total. The molecule has 3 aromatic rings. The molecule has 0 fully saturated rings. The molecule has 0 aliphatic rings. The van der Waals surface area contributed by atoms with Crippen LogP contribution in [-0.2, 0) is 0 Å². The van der Waals surface area contributed by atoms with Crippen molar-refractivity contribution in [1.82, 2.24) is 19.7 Å². The van der Waals surface area contributed by atoms with E-state index < -0.39 is 0 Å². The standard InChI is InChI=1S/C14H14FN5/c1-9(2)20-7-10(6-18-20)19-14-11-4-3-5-12(15)13(11)16-8-17-14/h3-9H,1-2H3,(H,16,17,19). The molecule has 0 bridgehead atoms. The summed E-state index contributed by atoms with van der Waals surface area (Å²) in [6.07, 6.45) is 4.95. The lowest BCUT2D eigenvalue weighted by molar-refractivity contribution is 0.532. The van der Waals surface area contributed by atoms with E-state index in [1.807, 2.05) is 24.7 Å². The van der Waals surface area contributed by atoms with Crippen molar-refractivity contribution in [2.45, 2.75) is 19.9 Å². The van der Waals surface area contributed by atoms with Crippen molar-refractivity contribution in [3.05, 3.63) is 42.7 Å². The third-order valence-corrected chi connectivity index (χ3v) is 3.01. The van der Waals surface area contributed by atoms with Gasteiger partial charge in [0.2, 0.25) is 0 Å². The lowest BCUT2D eigenvalue weighted by Gasteiger charge is -2.07. The Labute approximate surface area is 115 Å². The molecule has 2 heterocycles. The molecule has 0 radical (unpaired) electrons. The van der Waals surface area contributed by atoms with Crippen LogP contribution in [0.25, 0.3) is 10.9 Å². The van der Waals surface area contributed by atoms with Gasteiger partial charge in [-0.05, 0) is 26.0 Å². The van der Waals surface area contributed by atoms with Crippen LogP contribution in [0.3, 0.4) is 0 Å². The molecule has 0 spiro atoms. The number of para-hydroxylation sites is 1. The Morgan fingerprint density at radius 2 is 2.10 bits per heavy atom. The van der Waals surface area contributed by atoms with E-state index in [9.17, 15) is 4.39 Å². The smallest absolute Gasteiger partial charge is 0.149 e. The number of aromatic nitrogens is 4. The van der Waals surface area contributed by atoms with E-state index in [1.54, 1.807) is 18.3 Å². The zero-order valence-corrected chi connectivity index (χ0v) is 11.2. The molecule has 0 saturated carbocycles. The molecule has 2 aromatic heterocycles. The van der Waals surface area contributed by atoms with Gasteiger partial charge in [-0.1, -0.05) is 6.07 Å². The van der Waals surface area contributed by atoms with E-state index in [4.69, 9.17) is 0 Å². The maximum absolute atomic E-state index is 13.7. The van der Waals surface area contributed by atoms with E-state index in [0.29, 0.717) is 16.7 Å². The first-order valence-electron chi connectivity index (χ1n) is 6.35. The molecule has 0 aliphatic carbocycles. The maximum atomic E-state index is 13.7. The van der Waals surface area contributed by atoms with E-state index in [1.165, 1.54) is 12.4 Å². The van der Waals surface area contributed by atoms with Crippen LogP contribution in [0, 0.1) is 5.82 Å². The molecule has 1 N–H and O–H groups in total. The molecular formula is C14H14FN5. The van der Waals surface area contributed by atoms with E-state index >= 15 is 0 Å². The zero-order chi connectivity index (χ0) is 14.1. The normalized spacial score (nSPS) is 11.2. The molecule has 0 atom stereocenters. The van der Waals surface area contributed by atoms with Crippen LogP contribution in [0.2, 0.25) is 0 Å². The Balaban J connectivity index is 2.00. The van der Waals surface area contributed by atoms with Crippen molar-refractivity contribution in [2.24, 2.45) is 0 Å². The second-order valence-electron chi connectivity index (χ2n) is 4.79. The highest BCUT2D eigenvalue weighted by Gasteiger charge is 2.09. The summed E-state index contributed by atoms with van der Waals surface area (Å²) in [7, 11) is 0. The van der Waals surface area contributed by atoms with Gasteiger partial charge in [-0.2, -0.15) is 5.10 Å². The minimum absolute atomic E-state index is 0.283. The summed E-state index contributed by atoms with van der Waals surface area (Å²) in [6.45, 7) is 4.10. The van der Waals surface area contributed by atoms with Gasteiger partial charge in [0.15, 0.2) is 0 Å². The second kappa shape index (κ2) is 4.88.